The Bertz CT molecular complexity index is 1820. The molecule has 10 nitrogen and oxygen atoms in total. The first kappa shape index (κ1) is 27.6. The van der Waals surface area contributed by atoms with Gasteiger partial charge in [-0.05, 0) is 50.5 Å². The van der Waals surface area contributed by atoms with E-state index in [2.05, 4.69) is 38.8 Å². The maximum atomic E-state index is 16.1. The van der Waals surface area contributed by atoms with E-state index in [4.69, 9.17) is 10.7 Å². The molecule has 2 aromatic carbocycles. The monoisotopic (exact) mass is 584 g/mol. The number of halogens is 1. The topological polar surface area (TPSA) is 110 Å². The second-order valence-electron chi connectivity index (χ2n) is 11.7. The second kappa shape index (κ2) is 11.1. The zero-order valence-corrected chi connectivity index (χ0v) is 24.4. The van der Waals surface area contributed by atoms with Crippen molar-refractivity contribution < 1.29 is 14.3 Å². The van der Waals surface area contributed by atoms with Gasteiger partial charge < -0.3 is 29.8 Å². The number of carbonyl (C=O) groups is 1. The fraction of sp³-hybridized carbons (Fsp3) is 0.406. The summed E-state index contributed by atoms with van der Waals surface area (Å²) >= 11 is 0. The molecule has 3 aromatic heterocycles. The first-order valence-corrected chi connectivity index (χ1v) is 15.2. The molecule has 11 heteroatoms. The van der Waals surface area contributed by atoms with Crippen LogP contribution in [0.2, 0.25) is 0 Å². The molecule has 1 atom stereocenters. The number of fused-ring (bicyclic) bond motifs is 1. The van der Waals surface area contributed by atoms with Crippen molar-refractivity contribution in [3.63, 3.8) is 0 Å². The summed E-state index contributed by atoms with van der Waals surface area (Å²) < 4.78 is 22.2. The lowest BCUT2D eigenvalue weighted by Crippen LogP contribution is -2.45. The van der Waals surface area contributed by atoms with Gasteiger partial charge in [-0.3, -0.25) is 9.48 Å². The van der Waals surface area contributed by atoms with Crippen LogP contribution < -0.4 is 10.6 Å². The molecule has 0 spiro atoms. The number of aliphatic hydroxyl groups is 1. The normalized spacial score (nSPS) is 17.0. The third kappa shape index (κ3) is 4.86. The molecule has 1 amide bonds. The summed E-state index contributed by atoms with van der Waals surface area (Å²) in [6.07, 6.45) is 6.21. The number of carbonyl (C=O) groups excluding carboxylic acids is 1. The fourth-order valence-electron chi connectivity index (χ4n) is 6.72. The number of hydrogen-bond donors (Lipinski definition) is 2. The molecular formula is C32H37FN8O2. The number of amides is 1. The zero-order chi connectivity index (χ0) is 29.7. The highest BCUT2D eigenvalue weighted by Gasteiger charge is 2.28. The zero-order valence-electron chi connectivity index (χ0n) is 24.4. The number of benzene rings is 2. The molecule has 1 unspecified atom stereocenters. The van der Waals surface area contributed by atoms with Crippen molar-refractivity contribution in [3.05, 3.63) is 65.7 Å². The highest BCUT2D eigenvalue weighted by atomic mass is 19.1. The molecule has 3 N–H and O–H groups in total. The van der Waals surface area contributed by atoms with Gasteiger partial charge in [0.25, 0.3) is 5.91 Å². The molecule has 43 heavy (non-hydrogen) atoms. The summed E-state index contributed by atoms with van der Waals surface area (Å²) in [5.74, 6) is -0.0458. The smallest absolute Gasteiger partial charge is 0.254 e. The molecule has 224 valence electrons. The number of aryl methyl sites for hydroxylation is 1. The maximum absolute atomic E-state index is 16.1. The van der Waals surface area contributed by atoms with Crippen molar-refractivity contribution in [1.29, 1.82) is 0 Å². The summed E-state index contributed by atoms with van der Waals surface area (Å²) in [6.45, 7) is 6.69. The minimum absolute atomic E-state index is 0.0638. The van der Waals surface area contributed by atoms with Crippen molar-refractivity contribution in [2.24, 2.45) is 5.73 Å². The van der Waals surface area contributed by atoms with Crippen LogP contribution in [0.1, 0.15) is 42.1 Å². The second-order valence-corrected chi connectivity index (χ2v) is 11.7. The van der Waals surface area contributed by atoms with Crippen LogP contribution in [0.4, 0.5) is 10.1 Å². The van der Waals surface area contributed by atoms with Gasteiger partial charge in [0.05, 0.1) is 35.2 Å². The minimum Gasteiger partial charge on any atom is -0.396 e. The summed E-state index contributed by atoms with van der Waals surface area (Å²) in [5, 5.41) is 14.9. The Balaban J connectivity index is 1.38. The van der Waals surface area contributed by atoms with E-state index in [1.54, 1.807) is 11.0 Å². The molecule has 1 fully saturated rings. The predicted molar refractivity (Wildman–Crippen MR) is 165 cm³/mol. The Morgan fingerprint density at radius 2 is 2.05 bits per heavy atom. The summed E-state index contributed by atoms with van der Waals surface area (Å²) in [7, 11) is 0. The molecule has 2 aliphatic rings. The van der Waals surface area contributed by atoms with Crippen LogP contribution in [0.5, 0.6) is 0 Å². The van der Waals surface area contributed by atoms with E-state index in [1.807, 2.05) is 28.6 Å². The van der Waals surface area contributed by atoms with Crippen molar-refractivity contribution >= 4 is 33.5 Å². The first-order valence-electron chi connectivity index (χ1n) is 15.2. The number of aromatic nitrogens is 5. The Morgan fingerprint density at radius 3 is 2.84 bits per heavy atom. The number of likely N-dealkylation sites (tertiary alicyclic amines) is 1. The van der Waals surface area contributed by atoms with Crippen molar-refractivity contribution in [3.8, 4) is 11.5 Å². The Morgan fingerprint density at radius 1 is 1.16 bits per heavy atom. The number of nitrogens with two attached hydrogens (primary N) is 1. The number of imidazole rings is 1. The van der Waals surface area contributed by atoms with Crippen LogP contribution in [0.15, 0.2) is 48.8 Å². The van der Waals surface area contributed by atoms with Crippen LogP contribution in [0, 0.1) is 5.82 Å². The molecule has 0 bridgehead atoms. The SMILES string of the molecule is CCn1cc(Cn2c(-c3cc4cccc5c4n3CCN5CCCO)nc3cc(C(=O)N4CCCC(N)C4)cc(F)c32)cn1. The van der Waals surface area contributed by atoms with Gasteiger partial charge in [0.15, 0.2) is 5.82 Å². The first-order chi connectivity index (χ1) is 20.9. The van der Waals surface area contributed by atoms with E-state index < -0.39 is 5.82 Å². The standard InChI is InChI=1S/C32H37FN8O2/c1-2-39-18-21(17-35-39)19-41-30-25(33)14-23(32(43)38-9-4-7-24(34)20-38)15-26(30)36-31(41)28-16-22-6-3-8-27-29(22)40(28)12-11-37(27)10-5-13-42/h3,6,8,14-18,24,42H,2,4-5,7,9-13,19-20,34H2,1H3. The number of piperidine rings is 1. The van der Waals surface area contributed by atoms with Gasteiger partial charge in [0.1, 0.15) is 11.3 Å². The lowest BCUT2D eigenvalue weighted by molar-refractivity contribution is 0.0708. The number of hydrogen-bond acceptors (Lipinski definition) is 6. The third-order valence-electron chi connectivity index (χ3n) is 8.79. The van der Waals surface area contributed by atoms with Crippen molar-refractivity contribution in [2.45, 2.75) is 51.9 Å². The number of nitrogens with zero attached hydrogens (tertiary/aromatic N) is 7. The third-order valence-corrected chi connectivity index (χ3v) is 8.79. The molecule has 0 aliphatic carbocycles. The molecular weight excluding hydrogens is 547 g/mol. The molecule has 2 aliphatic heterocycles. The largest absolute Gasteiger partial charge is 0.396 e. The van der Waals surface area contributed by atoms with Gasteiger partial charge in [-0.15, -0.1) is 0 Å². The van der Waals surface area contributed by atoms with E-state index in [-0.39, 0.29) is 24.1 Å². The fourth-order valence-corrected chi connectivity index (χ4v) is 6.72. The van der Waals surface area contributed by atoms with Gasteiger partial charge in [-0.1, -0.05) is 12.1 Å². The average Bonchev–Trinajstić information content (AvgIpc) is 3.73. The van der Waals surface area contributed by atoms with Crippen molar-refractivity contribution in [2.75, 3.05) is 37.7 Å². The highest BCUT2D eigenvalue weighted by molar-refractivity contribution is 5.99. The van der Waals surface area contributed by atoms with Gasteiger partial charge in [0.2, 0.25) is 0 Å². The van der Waals surface area contributed by atoms with Gasteiger partial charge in [-0.25, -0.2) is 9.37 Å². The predicted octanol–water partition coefficient (Wildman–Crippen LogP) is 3.83. The molecule has 5 aromatic rings. The summed E-state index contributed by atoms with van der Waals surface area (Å²) in [4.78, 5) is 22.5. The summed E-state index contributed by atoms with van der Waals surface area (Å²) in [6, 6.07) is 11.4. The van der Waals surface area contributed by atoms with Crippen LogP contribution in [0.25, 0.3) is 33.5 Å². The van der Waals surface area contributed by atoms with Gasteiger partial charge >= 0.3 is 0 Å². The van der Waals surface area contributed by atoms with Crippen molar-refractivity contribution in [1.82, 2.24) is 28.8 Å². The maximum Gasteiger partial charge on any atom is 0.254 e. The Hall–Kier alpha value is -4.22. The van der Waals surface area contributed by atoms with E-state index >= 15 is 4.39 Å². The van der Waals surface area contributed by atoms with Gasteiger partial charge in [-0.2, -0.15) is 5.10 Å². The minimum atomic E-state index is -0.477. The van der Waals surface area contributed by atoms with Crippen LogP contribution >= 0.6 is 0 Å². The number of para-hydroxylation sites is 1. The van der Waals surface area contributed by atoms with Crippen LogP contribution in [-0.4, -0.2) is 78.6 Å². The Kier molecular flexibility index (Phi) is 7.14. The van der Waals surface area contributed by atoms with Crippen LogP contribution in [0.3, 0.4) is 0 Å². The van der Waals surface area contributed by atoms with Crippen LogP contribution in [-0.2, 0) is 19.6 Å². The molecule has 0 saturated carbocycles. The Labute approximate surface area is 249 Å². The molecule has 7 rings (SSSR count). The van der Waals surface area contributed by atoms with E-state index in [0.717, 1.165) is 66.9 Å². The van der Waals surface area contributed by atoms with Gasteiger partial charge in [0, 0.05) is 74.6 Å². The molecule has 0 radical (unpaired) electrons. The average molecular weight is 585 g/mol. The number of aliphatic hydroxyl groups excluding tert-OH is 1. The van der Waals surface area contributed by atoms with E-state index in [9.17, 15) is 9.90 Å². The highest BCUT2D eigenvalue weighted by Crippen LogP contribution is 2.38. The quantitative estimate of drug-likeness (QED) is 0.287. The number of rotatable bonds is 8. The van der Waals surface area contributed by atoms with E-state index in [1.165, 1.54) is 6.07 Å². The summed E-state index contributed by atoms with van der Waals surface area (Å²) in [5.41, 5.74) is 11.3. The van der Waals surface area contributed by atoms with E-state index in [0.29, 0.717) is 42.9 Å². The lowest BCUT2D eigenvalue weighted by atomic mass is 10.0. The number of anilines is 1. The molecule has 5 heterocycles. The molecule has 1 saturated heterocycles. The lowest BCUT2D eigenvalue weighted by Gasteiger charge is -2.31.